The van der Waals surface area contributed by atoms with Crippen molar-refractivity contribution in [2.75, 3.05) is 7.11 Å². The zero-order chi connectivity index (χ0) is 14.3. The molecule has 3 rings (SSSR count). The van der Waals surface area contributed by atoms with Crippen molar-refractivity contribution in [3.63, 3.8) is 0 Å². The molecular weight excluding hydrogens is 250 g/mol. The normalized spacial score (nSPS) is 33.0. The highest BCUT2D eigenvalue weighted by Gasteiger charge is 2.42. The number of aliphatic hydroxyl groups is 1. The maximum atomic E-state index is 11.2. The molecule has 2 unspecified atom stereocenters. The smallest absolute Gasteiger partial charge is 0.124 e. The van der Waals surface area contributed by atoms with E-state index in [1.54, 1.807) is 7.11 Å². The van der Waals surface area contributed by atoms with E-state index in [0.29, 0.717) is 12.1 Å². The number of fused-ring (bicyclic) bond motifs is 2. The summed E-state index contributed by atoms with van der Waals surface area (Å²) in [7, 11) is 1.71. The fourth-order valence-electron chi connectivity index (χ4n) is 4.11. The van der Waals surface area contributed by atoms with E-state index in [1.165, 1.54) is 19.3 Å². The summed E-state index contributed by atoms with van der Waals surface area (Å²) in [4.78, 5) is 0. The predicted octanol–water partition coefficient (Wildman–Crippen LogP) is 2.80. The molecule has 2 atom stereocenters. The maximum absolute atomic E-state index is 11.2. The van der Waals surface area contributed by atoms with Gasteiger partial charge < -0.3 is 15.2 Å². The fourth-order valence-corrected chi connectivity index (χ4v) is 4.11. The summed E-state index contributed by atoms with van der Waals surface area (Å²) in [6, 6.07) is 5.14. The SMILES string of the molecule is COc1c(C)cc(C2(O)CC3CCCC(C2)N3)cc1C. The summed E-state index contributed by atoms with van der Waals surface area (Å²) in [5.41, 5.74) is 2.61. The van der Waals surface area contributed by atoms with Crippen molar-refractivity contribution in [2.24, 2.45) is 0 Å². The molecule has 2 fully saturated rings. The molecule has 110 valence electrons. The van der Waals surface area contributed by atoms with Gasteiger partial charge in [0.1, 0.15) is 5.75 Å². The summed E-state index contributed by atoms with van der Waals surface area (Å²) in [5, 5.41) is 14.8. The van der Waals surface area contributed by atoms with E-state index in [1.807, 2.05) is 0 Å². The van der Waals surface area contributed by atoms with Crippen LogP contribution in [0.1, 0.15) is 48.8 Å². The summed E-state index contributed by atoms with van der Waals surface area (Å²) >= 11 is 0. The molecule has 2 aliphatic heterocycles. The molecule has 2 aliphatic rings. The Morgan fingerprint density at radius 2 is 1.70 bits per heavy atom. The van der Waals surface area contributed by atoms with Crippen LogP contribution in [0, 0.1) is 13.8 Å². The number of methoxy groups -OCH3 is 1. The van der Waals surface area contributed by atoms with Crippen LogP contribution < -0.4 is 10.1 Å². The summed E-state index contributed by atoms with van der Waals surface area (Å²) in [6.45, 7) is 4.11. The van der Waals surface area contributed by atoms with Gasteiger partial charge in [-0.3, -0.25) is 0 Å². The van der Waals surface area contributed by atoms with E-state index in [0.717, 1.165) is 35.3 Å². The van der Waals surface area contributed by atoms with Crippen LogP contribution >= 0.6 is 0 Å². The van der Waals surface area contributed by atoms with Crippen LogP contribution in [-0.2, 0) is 5.60 Å². The molecule has 0 saturated carbocycles. The Labute approximate surface area is 121 Å². The number of hydrogen-bond acceptors (Lipinski definition) is 3. The largest absolute Gasteiger partial charge is 0.496 e. The Hall–Kier alpha value is -1.06. The lowest BCUT2D eigenvalue weighted by molar-refractivity contribution is -0.0359. The van der Waals surface area contributed by atoms with Gasteiger partial charge in [-0.05, 0) is 68.4 Å². The van der Waals surface area contributed by atoms with Crippen molar-refractivity contribution >= 4 is 0 Å². The minimum Gasteiger partial charge on any atom is -0.496 e. The first-order chi connectivity index (χ1) is 9.51. The average Bonchev–Trinajstić information content (AvgIpc) is 2.37. The van der Waals surface area contributed by atoms with Gasteiger partial charge in [-0.15, -0.1) is 0 Å². The van der Waals surface area contributed by atoms with Crippen molar-refractivity contribution in [3.8, 4) is 5.75 Å². The van der Waals surface area contributed by atoms with Crippen LogP contribution in [-0.4, -0.2) is 24.3 Å². The molecule has 0 radical (unpaired) electrons. The number of piperidine rings is 2. The minimum atomic E-state index is -0.678. The van der Waals surface area contributed by atoms with Gasteiger partial charge >= 0.3 is 0 Å². The van der Waals surface area contributed by atoms with Gasteiger partial charge in [0, 0.05) is 12.1 Å². The fraction of sp³-hybridized carbons (Fsp3) is 0.647. The summed E-state index contributed by atoms with van der Waals surface area (Å²) in [6.07, 6.45) is 5.32. The Bertz CT molecular complexity index is 477. The number of rotatable bonds is 2. The van der Waals surface area contributed by atoms with Crippen LogP contribution in [0.5, 0.6) is 5.75 Å². The van der Waals surface area contributed by atoms with Crippen molar-refractivity contribution in [1.82, 2.24) is 5.32 Å². The van der Waals surface area contributed by atoms with E-state index < -0.39 is 5.60 Å². The van der Waals surface area contributed by atoms with Gasteiger partial charge in [-0.2, -0.15) is 0 Å². The van der Waals surface area contributed by atoms with Crippen molar-refractivity contribution < 1.29 is 9.84 Å². The lowest BCUT2D eigenvalue weighted by atomic mass is 9.73. The zero-order valence-corrected chi connectivity index (χ0v) is 12.7. The van der Waals surface area contributed by atoms with Crippen molar-refractivity contribution in [1.29, 1.82) is 0 Å². The lowest BCUT2D eigenvalue weighted by Gasteiger charge is -2.45. The first-order valence-corrected chi connectivity index (χ1v) is 7.66. The van der Waals surface area contributed by atoms with Crippen LogP contribution in [0.2, 0.25) is 0 Å². The Morgan fingerprint density at radius 3 is 2.20 bits per heavy atom. The maximum Gasteiger partial charge on any atom is 0.124 e. The second kappa shape index (κ2) is 5.05. The van der Waals surface area contributed by atoms with Gasteiger partial charge in [0.15, 0.2) is 0 Å². The van der Waals surface area contributed by atoms with Crippen LogP contribution in [0.4, 0.5) is 0 Å². The zero-order valence-electron chi connectivity index (χ0n) is 12.7. The average molecular weight is 275 g/mol. The molecule has 1 aromatic carbocycles. The second-order valence-electron chi connectivity index (χ2n) is 6.57. The molecule has 0 amide bonds. The van der Waals surface area contributed by atoms with E-state index in [-0.39, 0.29) is 0 Å². The van der Waals surface area contributed by atoms with Gasteiger partial charge in [-0.25, -0.2) is 0 Å². The molecule has 20 heavy (non-hydrogen) atoms. The van der Waals surface area contributed by atoms with Gasteiger partial charge in [0.2, 0.25) is 0 Å². The molecule has 3 heteroatoms. The second-order valence-corrected chi connectivity index (χ2v) is 6.57. The molecular formula is C17H25NO2. The molecule has 2 bridgehead atoms. The Balaban J connectivity index is 1.95. The molecule has 0 spiro atoms. The molecule has 2 N–H and O–H groups in total. The van der Waals surface area contributed by atoms with E-state index in [2.05, 4.69) is 31.3 Å². The lowest BCUT2D eigenvalue weighted by Crippen LogP contribution is -2.54. The number of nitrogens with one attached hydrogen (secondary N) is 1. The third kappa shape index (κ3) is 2.33. The first kappa shape index (κ1) is 13.9. The minimum absolute atomic E-state index is 0.468. The predicted molar refractivity (Wildman–Crippen MR) is 80.2 cm³/mol. The van der Waals surface area contributed by atoms with Crippen molar-refractivity contribution in [2.45, 2.75) is 63.6 Å². The van der Waals surface area contributed by atoms with E-state index in [9.17, 15) is 5.11 Å². The Kier molecular flexibility index (Phi) is 3.51. The topological polar surface area (TPSA) is 41.5 Å². The molecule has 0 aliphatic carbocycles. The van der Waals surface area contributed by atoms with Crippen LogP contribution in [0.3, 0.4) is 0 Å². The van der Waals surface area contributed by atoms with Crippen molar-refractivity contribution in [3.05, 3.63) is 28.8 Å². The number of hydrogen-bond donors (Lipinski definition) is 2. The van der Waals surface area contributed by atoms with Crippen LogP contribution in [0.15, 0.2) is 12.1 Å². The summed E-state index contributed by atoms with van der Waals surface area (Å²) in [5.74, 6) is 0.937. The quantitative estimate of drug-likeness (QED) is 0.872. The third-order valence-corrected chi connectivity index (χ3v) is 4.95. The van der Waals surface area contributed by atoms with E-state index >= 15 is 0 Å². The number of aryl methyl sites for hydroxylation is 2. The highest BCUT2D eigenvalue weighted by atomic mass is 16.5. The number of benzene rings is 1. The first-order valence-electron chi connectivity index (χ1n) is 7.66. The highest BCUT2D eigenvalue weighted by Crippen LogP contribution is 2.41. The van der Waals surface area contributed by atoms with E-state index in [4.69, 9.17) is 4.74 Å². The molecule has 2 saturated heterocycles. The molecule has 0 aromatic heterocycles. The molecule has 3 nitrogen and oxygen atoms in total. The standard InChI is InChI=1S/C17H25NO2/c1-11-7-13(8-12(2)16(11)20-3)17(19)9-14-5-4-6-15(10-17)18-14/h7-8,14-15,18-19H,4-6,9-10H2,1-3H3. The molecule has 2 heterocycles. The van der Waals surface area contributed by atoms with Gasteiger partial charge in [-0.1, -0.05) is 6.42 Å². The van der Waals surface area contributed by atoms with Gasteiger partial charge in [0.05, 0.1) is 12.7 Å². The molecule has 1 aromatic rings. The van der Waals surface area contributed by atoms with Gasteiger partial charge in [0.25, 0.3) is 0 Å². The highest BCUT2D eigenvalue weighted by molar-refractivity contribution is 5.45. The third-order valence-electron chi connectivity index (χ3n) is 4.95. The monoisotopic (exact) mass is 275 g/mol. The van der Waals surface area contributed by atoms with Crippen LogP contribution in [0.25, 0.3) is 0 Å². The number of ether oxygens (including phenoxy) is 1. The Morgan fingerprint density at radius 1 is 1.15 bits per heavy atom. The summed E-state index contributed by atoms with van der Waals surface area (Å²) < 4.78 is 5.43.